The van der Waals surface area contributed by atoms with Gasteiger partial charge in [-0.25, -0.2) is 10.3 Å². The number of hydroxylamine groups is 1. The molecule has 0 saturated heterocycles. The van der Waals surface area contributed by atoms with Crippen LogP contribution < -0.4 is 16.1 Å². The van der Waals surface area contributed by atoms with Gasteiger partial charge in [0.05, 0.1) is 0 Å². The lowest BCUT2D eigenvalue weighted by Gasteiger charge is -2.22. The van der Waals surface area contributed by atoms with Gasteiger partial charge in [-0.2, -0.15) is 13.2 Å². The molecule has 0 fully saturated rings. The highest BCUT2D eigenvalue weighted by molar-refractivity contribution is 5.93. The molecule has 0 saturated carbocycles. The van der Waals surface area contributed by atoms with Crippen LogP contribution in [-0.2, 0) is 0 Å². The average molecular weight is 291 g/mol. The number of hydrogen-bond donors (Lipinski definition) is 4. The molecular weight excluding hydrogens is 279 g/mol. The van der Waals surface area contributed by atoms with Crippen LogP contribution in [0.15, 0.2) is 24.3 Å². The topological polar surface area (TPSA) is 90.5 Å². The molecule has 110 valence electrons. The van der Waals surface area contributed by atoms with Crippen LogP contribution in [0, 0.1) is 0 Å². The van der Waals surface area contributed by atoms with E-state index in [1.165, 1.54) is 12.5 Å². The molecule has 0 aliphatic heterocycles. The average Bonchev–Trinajstić information content (AvgIpc) is 2.42. The number of amides is 3. The highest BCUT2D eigenvalue weighted by Crippen LogP contribution is 2.32. The molecule has 0 aliphatic carbocycles. The third kappa shape index (κ3) is 3.85. The zero-order valence-electron chi connectivity index (χ0n) is 10.3. The zero-order chi connectivity index (χ0) is 15.3. The molecule has 0 spiro atoms. The van der Waals surface area contributed by atoms with Crippen molar-refractivity contribution in [2.24, 2.45) is 0 Å². The first-order chi connectivity index (χ1) is 9.29. The van der Waals surface area contributed by atoms with Crippen LogP contribution in [0.5, 0.6) is 0 Å². The highest BCUT2D eigenvalue weighted by atomic mass is 19.4. The Hall–Kier alpha value is -2.29. The smallest absolute Gasteiger partial charge is 0.341 e. The third-order valence-electron chi connectivity index (χ3n) is 2.44. The second-order valence-corrected chi connectivity index (χ2v) is 3.76. The summed E-state index contributed by atoms with van der Waals surface area (Å²) in [5, 5.41) is 12.2. The van der Waals surface area contributed by atoms with Crippen LogP contribution >= 0.6 is 0 Å². The lowest BCUT2D eigenvalue weighted by molar-refractivity contribution is -0.154. The number of halogens is 3. The summed E-state index contributed by atoms with van der Waals surface area (Å²) < 4.78 is 38.6. The number of rotatable bonds is 3. The number of nitrogens with one attached hydrogen (secondary N) is 3. The summed E-state index contributed by atoms with van der Waals surface area (Å²) in [6.07, 6.45) is -4.69. The molecule has 1 aromatic rings. The minimum Gasteiger partial charge on any atom is -0.341 e. The summed E-state index contributed by atoms with van der Waals surface area (Å²) in [4.78, 5) is 22.1. The Morgan fingerprint density at radius 1 is 1.20 bits per heavy atom. The molecule has 1 atom stereocenters. The van der Waals surface area contributed by atoms with E-state index in [-0.39, 0.29) is 11.1 Å². The summed E-state index contributed by atoms with van der Waals surface area (Å²) in [5.74, 6) is -0.848. The maximum Gasteiger partial charge on any atom is 0.412 e. The van der Waals surface area contributed by atoms with Gasteiger partial charge in [-0.1, -0.05) is 12.1 Å². The van der Waals surface area contributed by atoms with E-state index in [4.69, 9.17) is 5.21 Å². The Morgan fingerprint density at radius 3 is 2.15 bits per heavy atom. The van der Waals surface area contributed by atoms with E-state index < -0.39 is 24.2 Å². The molecule has 4 N–H and O–H groups in total. The van der Waals surface area contributed by atoms with Crippen molar-refractivity contribution in [1.82, 2.24) is 16.1 Å². The number of hydrogen-bond acceptors (Lipinski definition) is 3. The molecule has 0 aromatic heterocycles. The quantitative estimate of drug-likeness (QED) is 0.500. The third-order valence-corrected chi connectivity index (χ3v) is 2.44. The fraction of sp³-hybridized carbons (Fsp3) is 0.273. The Bertz CT molecular complexity index is 488. The van der Waals surface area contributed by atoms with Crippen molar-refractivity contribution < 1.29 is 28.0 Å². The van der Waals surface area contributed by atoms with E-state index in [0.29, 0.717) is 0 Å². The summed E-state index contributed by atoms with van der Waals surface area (Å²) in [5.41, 5.74) is 1.10. The number of carbonyl (C=O) groups excluding carboxylic acids is 2. The van der Waals surface area contributed by atoms with Crippen molar-refractivity contribution in [3.63, 3.8) is 0 Å². The van der Waals surface area contributed by atoms with Gasteiger partial charge in [0.25, 0.3) is 5.91 Å². The second kappa shape index (κ2) is 6.24. The van der Waals surface area contributed by atoms with E-state index in [1.54, 1.807) is 5.32 Å². The van der Waals surface area contributed by atoms with Crippen molar-refractivity contribution in [3.8, 4) is 0 Å². The maximum atomic E-state index is 12.9. The summed E-state index contributed by atoms with van der Waals surface area (Å²) in [7, 11) is 1.19. The number of benzene rings is 1. The van der Waals surface area contributed by atoms with Gasteiger partial charge in [-0.3, -0.25) is 10.0 Å². The van der Waals surface area contributed by atoms with E-state index in [1.807, 2.05) is 5.32 Å². The van der Waals surface area contributed by atoms with Crippen LogP contribution in [0.3, 0.4) is 0 Å². The number of alkyl halides is 3. The van der Waals surface area contributed by atoms with E-state index in [0.717, 1.165) is 24.3 Å². The molecular formula is C11H12F3N3O3. The van der Waals surface area contributed by atoms with Gasteiger partial charge in [0, 0.05) is 12.6 Å². The van der Waals surface area contributed by atoms with Crippen molar-refractivity contribution in [3.05, 3.63) is 35.4 Å². The Kier molecular flexibility index (Phi) is 4.92. The van der Waals surface area contributed by atoms with Crippen molar-refractivity contribution in [2.45, 2.75) is 12.2 Å². The van der Waals surface area contributed by atoms with Crippen molar-refractivity contribution in [2.75, 3.05) is 7.05 Å². The van der Waals surface area contributed by atoms with Crippen LogP contribution in [0.1, 0.15) is 22.0 Å². The van der Waals surface area contributed by atoms with Gasteiger partial charge < -0.3 is 10.6 Å². The monoisotopic (exact) mass is 291 g/mol. The lowest BCUT2D eigenvalue weighted by atomic mass is 10.0. The van der Waals surface area contributed by atoms with Crippen molar-refractivity contribution >= 4 is 11.9 Å². The van der Waals surface area contributed by atoms with E-state index in [2.05, 4.69) is 0 Å². The second-order valence-electron chi connectivity index (χ2n) is 3.76. The molecule has 0 bridgehead atoms. The molecule has 6 nitrogen and oxygen atoms in total. The van der Waals surface area contributed by atoms with Gasteiger partial charge in [-0.15, -0.1) is 0 Å². The first kappa shape index (κ1) is 15.8. The predicted molar refractivity (Wildman–Crippen MR) is 62.1 cm³/mol. The van der Waals surface area contributed by atoms with Gasteiger partial charge in [0.15, 0.2) is 6.04 Å². The number of carbonyl (C=O) groups is 2. The molecule has 3 amide bonds. The molecule has 1 aromatic carbocycles. The van der Waals surface area contributed by atoms with Gasteiger partial charge in [0.1, 0.15) is 0 Å². The van der Waals surface area contributed by atoms with Crippen LogP contribution in [0.2, 0.25) is 0 Å². The molecule has 0 radical (unpaired) electrons. The van der Waals surface area contributed by atoms with Crippen LogP contribution in [-0.4, -0.2) is 30.4 Å². The summed E-state index contributed by atoms with van der Waals surface area (Å²) in [6.45, 7) is 0. The number of urea groups is 1. The zero-order valence-corrected chi connectivity index (χ0v) is 10.3. The summed E-state index contributed by atoms with van der Waals surface area (Å²) >= 11 is 0. The Labute approximate surface area is 111 Å². The van der Waals surface area contributed by atoms with E-state index >= 15 is 0 Å². The first-order valence-corrected chi connectivity index (χ1v) is 5.39. The Balaban J connectivity index is 3.03. The van der Waals surface area contributed by atoms with E-state index in [9.17, 15) is 22.8 Å². The highest BCUT2D eigenvalue weighted by Gasteiger charge is 2.41. The molecule has 0 heterocycles. The van der Waals surface area contributed by atoms with Crippen LogP contribution in [0.4, 0.5) is 18.0 Å². The fourth-order valence-corrected chi connectivity index (χ4v) is 1.45. The predicted octanol–water partition coefficient (Wildman–Crippen LogP) is 1.34. The molecule has 0 aliphatic rings. The fourth-order valence-electron chi connectivity index (χ4n) is 1.45. The summed E-state index contributed by atoms with van der Waals surface area (Å²) in [6, 6.07) is 1.10. The molecule has 1 rings (SSSR count). The van der Waals surface area contributed by atoms with Gasteiger partial charge in [0.2, 0.25) is 0 Å². The molecule has 1 unspecified atom stereocenters. The minimum atomic E-state index is -4.69. The SMILES string of the molecule is CNC(=O)NC(c1ccc(C(=O)NO)cc1)C(F)(F)F. The molecule has 20 heavy (non-hydrogen) atoms. The van der Waals surface area contributed by atoms with Gasteiger partial charge >= 0.3 is 12.2 Å². The lowest BCUT2D eigenvalue weighted by Crippen LogP contribution is -2.42. The minimum absolute atomic E-state index is 0.0166. The van der Waals surface area contributed by atoms with Gasteiger partial charge in [-0.05, 0) is 17.7 Å². The standard InChI is InChI=1S/C11H12F3N3O3/c1-15-10(19)16-8(11(12,13)14)6-2-4-7(5-3-6)9(18)17-20/h2-5,8,20H,1H3,(H,17,18)(H2,15,16,19). The first-order valence-electron chi connectivity index (χ1n) is 5.39. The normalized spacial score (nSPS) is 12.4. The largest absolute Gasteiger partial charge is 0.412 e. The Morgan fingerprint density at radius 2 is 1.75 bits per heavy atom. The van der Waals surface area contributed by atoms with Crippen molar-refractivity contribution in [1.29, 1.82) is 0 Å². The van der Waals surface area contributed by atoms with Crippen LogP contribution in [0.25, 0.3) is 0 Å². The maximum absolute atomic E-state index is 12.9. The molecule has 9 heteroatoms.